The number of amides is 1. The third-order valence-electron chi connectivity index (χ3n) is 3.35. The van der Waals surface area contributed by atoms with E-state index in [1.807, 2.05) is 0 Å². The van der Waals surface area contributed by atoms with E-state index >= 15 is 0 Å². The molecule has 0 fully saturated rings. The molecule has 0 aliphatic carbocycles. The first-order valence-corrected chi connectivity index (χ1v) is 6.25. The van der Waals surface area contributed by atoms with Gasteiger partial charge in [-0.05, 0) is 49.2 Å². The summed E-state index contributed by atoms with van der Waals surface area (Å²) in [6, 6.07) is 8.48. The predicted octanol–water partition coefficient (Wildman–Crippen LogP) is 3.17. The number of carbonyl (C=O) groups excluding carboxylic acids is 1. The number of carbonyl (C=O) groups is 1. The Hall–Kier alpha value is -2.89. The highest BCUT2D eigenvalue weighted by Gasteiger charge is 2.12. The number of benzene rings is 2. The van der Waals surface area contributed by atoms with E-state index in [4.69, 9.17) is 0 Å². The predicted molar refractivity (Wildman–Crippen MR) is 78.6 cm³/mol. The largest absolute Gasteiger partial charge is 0.508 e. The Labute approximate surface area is 121 Å². The van der Waals surface area contributed by atoms with Gasteiger partial charge in [-0.25, -0.2) is 0 Å². The molecule has 0 aliphatic rings. The first kappa shape index (κ1) is 14.5. The second-order valence-electron chi connectivity index (χ2n) is 4.64. The summed E-state index contributed by atoms with van der Waals surface area (Å²) in [4.78, 5) is 22.2. The molecule has 2 N–H and O–H groups in total. The van der Waals surface area contributed by atoms with E-state index in [-0.39, 0.29) is 17.3 Å². The zero-order valence-corrected chi connectivity index (χ0v) is 11.6. The van der Waals surface area contributed by atoms with Crippen molar-refractivity contribution in [2.75, 3.05) is 5.32 Å². The van der Waals surface area contributed by atoms with Gasteiger partial charge in [-0.1, -0.05) is 0 Å². The van der Waals surface area contributed by atoms with Gasteiger partial charge in [0.25, 0.3) is 11.6 Å². The lowest BCUT2D eigenvalue weighted by molar-refractivity contribution is -0.384. The molecule has 0 radical (unpaired) electrons. The fraction of sp³-hybridized carbons (Fsp3) is 0.133. The number of nitrogens with zero attached hydrogens (tertiary/aromatic N) is 1. The standard InChI is InChI=1S/C15H14N2O4/c1-9-10(2)14(18)8-7-13(9)16-15(19)11-3-5-12(6-4-11)17(20)21/h3-8,18H,1-2H3,(H,16,19). The summed E-state index contributed by atoms with van der Waals surface area (Å²) in [6.45, 7) is 3.55. The second kappa shape index (κ2) is 5.62. The van der Waals surface area contributed by atoms with Crippen molar-refractivity contribution < 1.29 is 14.8 Å². The van der Waals surface area contributed by atoms with E-state index in [0.717, 1.165) is 5.56 Å². The van der Waals surface area contributed by atoms with E-state index in [1.165, 1.54) is 30.3 Å². The first-order chi connectivity index (χ1) is 9.90. The Morgan fingerprint density at radius 1 is 1.10 bits per heavy atom. The zero-order chi connectivity index (χ0) is 15.6. The maximum absolute atomic E-state index is 12.1. The average molecular weight is 286 g/mol. The first-order valence-electron chi connectivity index (χ1n) is 6.25. The Bertz CT molecular complexity index is 708. The monoisotopic (exact) mass is 286 g/mol. The number of hydrogen-bond acceptors (Lipinski definition) is 4. The number of anilines is 1. The molecule has 1 amide bonds. The highest BCUT2D eigenvalue weighted by Crippen LogP contribution is 2.26. The SMILES string of the molecule is Cc1c(O)ccc(NC(=O)c2ccc([N+](=O)[O-])cc2)c1C. The van der Waals surface area contributed by atoms with Gasteiger partial charge in [-0.15, -0.1) is 0 Å². The van der Waals surface area contributed by atoms with E-state index in [2.05, 4.69) is 5.32 Å². The summed E-state index contributed by atoms with van der Waals surface area (Å²) in [5.41, 5.74) is 2.31. The van der Waals surface area contributed by atoms with Crippen LogP contribution in [0.5, 0.6) is 5.75 Å². The number of aromatic hydroxyl groups is 1. The number of nitrogens with one attached hydrogen (secondary N) is 1. The van der Waals surface area contributed by atoms with E-state index in [0.29, 0.717) is 16.8 Å². The Morgan fingerprint density at radius 2 is 1.71 bits per heavy atom. The van der Waals surface area contributed by atoms with Crippen molar-refractivity contribution in [1.29, 1.82) is 0 Å². The number of nitro benzene ring substituents is 1. The molecule has 2 aromatic carbocycles. The molecule has 2 rings (SSSR count). The number of phenols is 1. The lowest BCUT2D eigenvalue weighted by Gasteiger charge is -2.11. The van der Waals surface area contributed by atoms with Crippen LogP contribution in [0.2, 0.25) is 0 Å². The van der Waals surface area contributed by atoms with Crippen LogP contribution >= 0.6 is 0 Å². The molecule has 0 bridgehead atoms. The van der Waals surface area contributed by atoms with Crippen LogP contribution < -0.4 is 5.32 Å². The zero-order valence-electron chi connectivity index (χ0n) is 11.6. The molecular formula is C15H14N2O4. The molecule has 2 aromatic rings. The Morgan fingerprint density at radius 3 is 2.29 bits per heavy atom. The normalized spacial score (nSPS) is 10.2. The van der Waals surface area contributed by atoms with Crippen molar-refractivity contribution in [3.8, 4) is 5.75 Å². The molecule has 0 aromatic heterocycles. The van der Waals surface area contributed by atoms with Gasteiger partial charge >= 0.3 is 0 Å². The van der Waals surface area contributed by atoms with Crippen molar-refractivity contribution >= 4 is 17.3 Å². The van der Waals surface area contributed by atoms with Crippen LogP contribution in [0.1, 0.15) is 21.5 Å². The smallest absolute Gasteiger partial charge is 0.269 e. The Balaban J connectivity index is 2.22. The van der Waals surface area contributed by atoms with E-state index in [1.54, 1.807) is 19.9 Å². The van der Waals surface area contributed by atoms with Crippen molar-refractivity contribution in [3.63, 3.8) is 0 Å². The van der Waals surface area contributed by atoms with Crippen LogP contribution in [0, 0.1) is 24.0 Å². The molecule has 108 valence electrons. The summed E-state index contributed by atoms with van der Waals surface area (Å²) < 4.78 is 0. The van der Waals surface area contributed by atoms with Gasteiger partial charge in [-0.3, -0.25) is 14.9 Å². The molecule has 0 unspecified atom stereocenters. The number of hydrogen-bond donors (Lipinski definition) is 2. The number of rotatable bonds is 3. The highest BCUT2D eigenvalue weighted by molar-refractivity contribution is 6.04. The quantitative estimate of drug-likeness (QED) is 0.515. The summed E-state index contributed by atoms with van der Waals surface area (Å²) in [5.74, 6) is -0.195. The van der Waals surface area contributed by atoms with Gasteiger partial charge < -0.3 is 10.4 Å². The van der Waals surface area contributed by atoms with Crippen molar-refractivity contribution in [3.05, 3.63) is 63.2 Å². The maximum atomic E-state index is 12.1. The highest BCUT2D eigenvalue weighted by atomic mass is 16.6. The van der Waals surface area contributed by atoms with Crippen LogP contribution in [0.15, 0.2) is 36.4 Å². The molecule has 0 saturated carbocycles. The molecule has 0 atom stereocenters. The summed E-state index contributed by atoms with van der Waals surface area (Å²) in [7, 11) is 0. The summed E-state index contributed by atoms with van der Waals surface area (Å²) >= 11 is 0. The van der Waals surface area contributed by atoms with Gasteiger partial charge in [0.2, 0.25) is 0 Å². The van der Waals surface area contributed by atoms with Gasteiger partial charge in [0, 0.05) is 23.4 Å². The van der Waals surface area contributed by atoms with Gasteiger partial charge in [0.1, 0.15) is 5.75 Å². The van der Waals surface area contributed by atoms with Gasteiger partial charge in [-0.2, -0.15) is 0 Å². The minimum Gasteiger partial charge on any atom is -0.508 e. The molecule has 21 heavy (non-hydrogen) atoms. The van der Waals surface area contributed by atoms with E-state index < -0.39 is 4.92 Å². The fourth-order valence-electron chi connectivity index (χ4n) is 1.87. The maximum Gasteiger partial charge on any atom is 0.269 e. The van der Waals surface area contributed by atoms with Crippen LogP contribution in [0.4, 0.5) is 11.4 Å². The summed E-state index contributed by atoms with van der Waals surface area (Å²) in [5, 5.41) is 22.9. The van der Waals surface area contributed by atoms with Crippen molar-refractivity contribution in [2.24, 2.45) is 0 Å². The third kappa shape index (κ3) is 3.00. The van der Waals surface area contributed by atoms with Gasteiger partial charge in [0.15, 0.2) is 0 Å². The third-order valence-corrected chi connectivity index (χ3v) is 3.35. The lowest BCUT2D eigenvalue weighted by atomic mass is 10.1. The molecule has 0 saturated heterocycles. The average Bonchev–Trinajstić information content (AvgIpc) is 2.48. The molecular weight excluding hydrogens is 272 g/mol. The molecule has 0 aliphatic heterocycles. The van der Waals surface area contributed by atoms with Crippen LogP contribution in [-0.2, 0) is 0 Å². The topological polar surface area (TPSA) is 92.5 Å². The van der Waals surface area contributed by atoms with Crippen molar-refractivity contribution in [2.45, 2.75) is 13.8 Å². The number of non-ortho nitro benzene ring substituents is 1. The van der Waals surface area contributed by atoms with Gasteiger partial charge in [0.05, 0.1) is 4.92 Å². The molecule has 6 nitrogen and oxygen atoms in total. The van der Waals surface area contributed by atoms with Crippen molar-refractivity contribution in [1.82, 2.24) is 0 Å². The minimum atomic E-state index is -0.519. The van der Waals surface area contributed by atoms with Crippen LogP contribution in [-0.4, -0.2) is 15.9 Å². The number of nitro groups is 1. The summed E-state index contributed by atoms with van der Waals surface area (Å²) in [6.07, 6.45) is 0. The molecule has 0 spiro atoms. The number of phenolic OH excluding ortho intramolecular Hbond substituents is 1. The molecule has 0 heterocycles. The van der Waals surface area contributed by atoms with E-state index in [9.17, 15) is 20.0 Å². The molecule has 6 heteroatoms. The Kier molecular flexibility index (Phi) is 3.89. The van der Waals surface area contributed by atoms with Crippen LogP contribution in [0.25, 0.3) is 0 Å². The van der Waals surface area contributed by atoms with Crippen LogP contribution in [0.3, 0.4) is 0 Å². The second-order valence-corrected chi connectivity index (χ2v) is 4.64. The minimum absolute atomic E-state index is 0.0665. The fourth-order valence-corrected chi connectivity index (χ4v) is 1.87. The lowest BCUT2D eigenvalue weighted by Crippen LogP contribution is -2.13.